The Morgan fingerprint density at radius 1 is 1.16 bits per heavy atom. The van der Waals surface area contributed by atoms with Crippen LogP contribution in [0.2, 0.25) is 0 Å². The number of sulfone groups is 1. The molecule has 2 unspecified atom stereocenters. The number of nitrogens with zero attached hydrogens (tertiary/aromatic N) is 2. The number of hydrogen-bond donors (Lipinski definition) is 1. The van der Waals surface area contributed by atoms with E-state index in [2.05, 4.69) is 5.32 Å². The Morgan fingerprint density at radius 2 is 1.88 bits per heavy atom. The molecule has 0 bridgehead atoms. The molecule has 2 amide bonds. The van der Waals surface area contributed by atoms with Gasteiger partial charge in [0, 0.05) is 25.2 Å². The minimum Gasteiger partial charge on any atom is -0.497 e. The minimum atomic E-state index is -3.13. The zero-order valence-electron chi connectivity index (χ0n) is 14.6. The number of rotatable bonds is 3. The van der Waals surface area contributed by atoms with Gasteiger partial charge in [0.05, 0.1) is 37.5 Å². The summed E-state index contributed by atoms with van der Waals surface area (Å²) in [4.78, 5) is 16.4. The average Bonchev–Trinajstić information content (AvgIpc) is 2.91. The predicted octanol–water partition coefficient (Wildman–Crippen LogP) is 0.649. The van der Waals surface area contributed by atoms with Gasteiger partial charge in [-0.15, -0.1) is 0 Å². The second-order valence-electron chi connectivity index (χ2n) is 6.38. The molecule has 9 heteroatoms. The van der Waals surface area contributed by atoms with Gasteiger partial charge >= 0.3 is 6.03 Å². The number of ether oxygens (including phenoxy) is 2. The molecular formula is C16H23N3O5S. The summed E-state index contributed by atoms with van der Waals surface area (Å²) in [6, 6.07) is 4.32. The van der Waals surface area contributed by atoms with Gasteiger partial charge in [-0.3, -0.25) is 4.90 Å². The van der Waals surface area contributed by atoms with Crippen molar-refractivity contribution in [1.29, 1.82) is 0 Å². The van der Waals surface area contributed by atoms with Gasteiger partial charge in [-0.25, -0.2) is 13.2 Å². The van der Waals surface area contributed by atoms with Crippen LogP contribution in [0.25, 0.3) is 0 Å². The molecular weight excluding hydrogens is 346 g/mol. The molecule has 0 aliphatic carbocycles. The fourth-order valence-corrected chi connectivity index (χ4v) is 5.52. The van der Waals surface area contributed by atoms with Crippen LogP contribution in [0.5, 0.6) is 11.5 Å². The highest BCUT2D eigenvalue weighted by Gasteiger charge is 2.47. The van der Waals surface area contributed by atoms with E-state index < -0.39 is 9.84 Å². The molecule has 25 heavy (non-hydrogen) atoms. The molecule has 2 fully saturated rings. The second-order valence-corrected chi connectivity index (χ2v) is 8.54. The molecule has 0 radical (unpaired) electrons. The van der Waals surface area contributed by atoms with Crippen LogP contribution < -0.4 is 14.8 Å². The van der Waals surface area contributed by atoms with Crippen LogP contribution in [0.4, 0.5) is 10.5 Å². The van der Waals surface area contributed by atoms with Crippen LogP contribution in [-0.4, -0.2) is 82.2 Å². The fourth-order valence-electron chi connectivity index (χ4n) is 3.47. The molecule has 2 aliphatic heterocycles. The molecule has 2 aliphatic rings. The van der Waals surface area contributed by atoms with Crippen LogP contribution in [0.3, 0.4) is 0 Å². The fraction of sp³-hybridized carbons (Fsp3) is 0.562. The summed E-state index contributed by atoms with van der Waals surface area (Å²) >= 11 is 0. The number of piperazine rings is 1. The van der Waals surface area contributed by atoms with E-state index in [0.717, 1.165) is 0 Å². The van der Waals surface area contributed by atoms with Crippen LogP contribution >= 0.6 is 0 Å². The Kier molecular flexibility index (Phi) is 4.79. The van der Waals surface area contributed by atoms with E-state index in [0.29, 0.717) is 30.3 Å². The summed E-state index contributed by atoms with van der Waals surface area (Å²) in [6.45, 7) is 1.13. The van der Waals surface area contributed by atoms with E-state index in [-0.39, 0.29) is 29.6 Å². The van der Waals surface area contributed by atoms with E-state index in [9.17, 15) is 13.2 Å². The maximum absolute atomic E-state index is 12.8. The normalized spacial score (nSPS) is 25.3. The van der Waals surface area contributed by atoms with Gasteiger partial charge in [0.15, 0.2) is 9.84 Å². The maximum Gasteiger partial charge on any atom is 0.322 e. The highest BCUT2D eigenvalue weighted by Crippen LogP contribution is 2.31. The Labute approximate surface area is 147 Å². The van der Waals surface area contributed by atoms with E-state index in [1.54, 1.807) is 30.2 Å². The lowest BCUT2D eigenvalue weighted by atomic mass is 10.1. The third kappa shape index (κ3) is 3.52. The van der Waals surface area contributed by atoms with Gasteiger partial charge < -0.3 is 19.7 Å². The van der Waals surface area contributed by atoms with Gasteiger partial charge in [-0.05, 0) is 19.2 Å². The molecule has 2 saturated heterocycles. The zero-order chi connectivity index (χ0) is 18.2. The van der Waals surface area contributed by atoms with Crippen molar-refractivity contribution in [3.8, 4) is 11.5 Å². The SMILES string of the molecule is COc1ccc(NC(=O)N2CCN(C)C3CS(=O)(=O)CC32)c(OC)c1. The summed E-state index contributed by atoms with van der Waals surface area (Å²) in [5.41, 5.74) is 0.518. The molecule has 138 valence electrons. The summed E-state index contributed by atoms with van der Waals surface area (Å²) in [6.07, 6.45) is 0. The van der Waals surface area contributed by atoms with Crippen molar-refractivity contribution in [3.63, 3.8) is 0 Å². The van der Waals surface area contributed by atoms with Crippen LogP contribution in [0.15, 0.2) is 18.2 Å². The molecule has 0 spiro atoms. The number of carbonyl (C=O) groups is 1. The molecule has 3 rings (SSSR count). The van der Waals surface area contributed by atoms with Gasteiger partial charge in [-0.1, -0.05) is 0 Å². The first-order chi connectivity index (χ1) is 11.8. The van der Waals surface area contributed by atoms with Crippen molar-refractivity contribution in [3.05, 3.63) is 18.2 Å². The number of amides is 2. The number of nitrogens with one attached hydrogen (secondary N) is 1. The van der Waals surface area contributed by atoms with Crippen molar-refractivity contribution in [2.24, 2.45) is 0 Å². The van der Waals surface area contributed by atoms with E-state index in [1.807, 2.05) is 11.9 Å². The Balaban J connectivity index is 1.79. The monoisotopic (exact) mass is 369 g/mol. The summed E-state index contributed by atoms with van der Waals surface area (Å²) in [5, 5.41) is 2.83. The Morgan fingerprint density at radius 3 is 2.56 bits per heavy atom. The van der Waals surface area contributed by atoms with Crippen LogP contribution in [0, 0.1) is 0 Å². The van der Waals surface area contributed by atoms with Gasteiger partial charge in [0.1, 0.15) is 11.5 Å². The highest BCUT2D eigenvalue weighted by atomic mass is 32.2. The third-order valence-electron chi connectivity index (χ3n) is 4.86. The minimum absolute atomic E-state index is 0.00910. The topological polar surface area (TPSA) is 88.2 Å². The third-order valence-corrected chi connectivity index (χ3v) is 6.56. The maximum atomic E-state index is 12.8. The van der Waals surface area contributed by atoms with Gasteiger partial charge in [0.2, 0.25) is 0 Å². The molecule has 0 saturated carbocycles. The average molecular weight is 369 g/mol. The first kappa shape index (κ1) is 17.8. The first-order valence-corrected chi connectivity index (χ1v) is 9.87. The van der Waals surface area contributed by atoms with Crippen molar-refractivity contribution in [2.75, 3.05) is 51.2 Å². The number of methoxy groups -OCH3 is 2. The standard InChI is InChI=1S/C16H23N3O5S/c1-18-6-7-19(14-10-25(21,22)9-13(14)18)16(20)17-12-5-4-11(23-2)8-15(12)24-3/h4-5,8,13-14H,6-7,9-10H2,1-3H3,(H,17,20). The molecule has 2 atom stereocenters. The molecule has 0 aromatic heterocycles. The van der Waals surface area contributed by atoms with Crippen molar-refractivity contribution in [1.82, 2.24) is 9.80 Å². The Hall–Kier alpha value is -2.00. The lowest BCUT2D eigenvalue weighted by molar-refractivity contribution is 0.0892. The van der Waals surface area contributed by atoms with Crippen LogP contribution in [-0.2, 0) is 9.84 Å². The van der Waals surface area contributed by atoms with Gasteiger partial charge in [0.25, 0.3) is 0 Å². The van der Waals surface area contributed by atoms with Crippen molar-refractivity contribution in [2.45, 2.75) is 12.1 Å². The quantitative estimate of drug-likeness (QED) is 0.842. The summed E-state index contributed by atoms with van der Waals surface area (Å²) in [5.74, 6) is 1.22. The number of hydrogen-bond acceptors (Lipinski definition) is 6. The van der Waals surface area contributed by atoms with Gasteiger partial charge in [-0.2, -0.15) is 0 Å². The predicted molar refractivity (Wildman–Crippen MR) is 94.1 cm³/mol. The molecule has 1 aromatic carbocycles. The van der Waals surface area contributed by atoms with E-state index >= 15 is 0 Å². The number of benzene rings is 1. The molecule has 1 N–H and O–H groups in total. The largest absolute Gasteiger partial charge is 0.497 e. The first-order valence-electron chi connectivity index (χ1n) is 8.05. The number of fused-ring (bicyclic) bond motifs is 1. The lowest BCUT2D eigenvalue weighted by Gasteiger charge is -2.42. The van der Waals surface area contributed by atoms with Crippen molar-refractivity contribution >= 4 is 21.6 Å². The number of urea groups is 1. The number of likely N-dealkylation sites (N-methyl/N-ethyl adjacent to an activating group) is 1. The lowest BCUT2D eigenvalue weighted by Crippen LogP contribution is -2.60. The summed E-state index contributed by atoms with van der Waals surface area (Å²) < 4.78 is 34.5. The van der Waals surface area contributed by atoms with Crippen LogP contribution in [0.1, 0.15) is 0 Å². The Bertz CT molecular complexity index is 767. The zero-order valence-corrected chi connectivity index (χ0v) is 15.4. The number of carbonyl (C=O) groups excluding carboxylic acids is 1. The second kappa shape index (κ2) is 6.72. The van der Waals surface area contributed by atoms with E-state index in [4.69, 9.17) is 9.47 Å². The molecule has 8 nitrogen and oxygen atoms in total. The summed E-state index contributed by atoms with van der Waals surface area (Å²) in [7, 11) is 1.84. The molecule has 1 aromatic rings. The van der Waals surface area contributed by atoms with Crippen molar-refractivity contribution < 1.29 is 22.7 Å². The number of anilines is 1. The molecule has 2 heterocycles. The highest BCUT2D eigenvalue weighted by molar-refractivity contribution is 7.91. The van der Waals surface area contributed by atoms with E-state index in [1.165, 1.54) is 7.11 Å². The smallest absolute Gasteiger partial charge is 0.322 e.